The molecule has 0 atom stereocenters. The molecule has 1 rings (SSSR count). The third-order valence-electron chi connectivity index (χ3n) is 2.32. The first-order valence-corrected chi connectivity index (χ1v) is 8.21. The van der Waals surface area contributed by atoms with Crippen molar-refractivity contribution in [3.8, 4) is 5.75 Å². The molecule has 22 heavy (non-hydrogen) atoms. The molecule has 2 amide bonds. The van der Waals surface area contributed by atoms with Crippen LogP contribution in [-0.2, 0) is 10.0 Å². The number of sulfonamides is 1. The summed E-state index contributed by atoms with van der Waals surface area (Å²) < 4.78 is 54.4. The van der Waals surface area contributed by atoms with Gasteiger partial charge in [-0.25, -0.2) is 26.7 Å². The Morgan fingerprint density at radius 1 is 1.14 bits per heavy atom. The number of carbonyl (C=O) groups excluding carboxylic acids is 1. The van der Waals surface area contributed by atoms with E-state index in [1.165, 1.54) is 6.07 Å². The Hall–Kier alpha value is -1.94. The Morgan fingerprint density at radius 2 is 1.82 bits per heavy atom. The van der Waals surface area contributed by atoms with Crippen LogP contribution in [0.3, 0.4) is 0 Å². The van der Waals surface area contributed by atoms with Crippen molar-refractivity contribution in [2.45, 2.75) is 0 Å². The Balaban J connectivity index is 2.13. The molecule has 0 spiro atoms. The van der Waals surface area contributed by atoms with Gasteiger partial charge in [-0.2, -0.15) is 0 Å². The van der Waals surface area contributed by atoms with Crippen molar-refractivity contribution in [1.82, 2.24) is 15.4 Å². The lowest BCUT2D eigenvalue weighted by atomic mass is 10.3. The van der Waals surface area contributed by atoms with Crippen molar-refractivity contribution < 1.29 is 26.7 Å². The molecule has 1 aromatic rings. The molecule has 0 saturated heterocycles. The van der Waals surface area contributed by atoms with Gasteiger partial charge in [0.25, 0.3) is 0 Å². The number of amides is 2. The topological polar surface area (TPSA) is 96.5 Å². The average molecular weight is 337 g/mol. The van der Waals surface area contributed by atoms with Gasteiger partial charge < -0.3 is 15.4 Å². The zero-order valence-electron chi connectivity index (χ0n) is 11.9. The molecule has 0 bridgehead atoms. The summed E-state index contributed by atoms with van der Waals surface area (Å²) in [7, 11) is -3.28. The van der Waals surface area contributed by atoms with Gasteiger partial charge in [-0.15, -0.1) is 0 Å². The van der Waals surface area contributed by atoms with Crippen LogP contribution in [0.1, 0.15) is 0 Å². The number of ether oxygens (including phenoxy) is 1. The van der Waals surface area contributed by atoms with Crippen molar-refractivity contribution in [3.63, 3.8) is 0 Å². The first-order valence-electron chi connectivity index (χ1n) is 6.32. The highest BCUT2D eigenvalue weighted by molar-refractivity contribution is 7.88. The van der Waals surface area contributed by atoms with E-state index in [0.29, 0.717) is 0 Å². The SMILES string of the molecule is CS(=O)(=O)NCCNC(=O)NCCOc1ccc(F)c(F)c1. The van der Waals surface area contributed by atoms with E-state index in [2.05, 4.69) is 15.4 Å². The van der Waals surface area contributed by atoms with Crippen molar-refractivity contribution >= 4 is 16.1 Å². The van der Waals surface area contributed by atoms with Gasteiger partial charge in [0.05, 0.1) is 12.8 Å². The highest BCUT2D eigenvalue weighted by atomic mass is 32.2. The van der Waals surface area contributed by atoms with Crippen LogP contribution >= 0.6 is 0 Å². The van der Waals surface area contributed by atoms with Crippen LogP contribution in [0.5, 0.6) is 5.75 Å². The molecule has 0 aliphatic rings. The minimum Gasteiger partial charge on any atom is -0.492 e. The Labute approximate surface area is 127 Å². The van der Waals surface area contributed by atoms with Gasteiger partial charge in [-0.05, 0) is 12.1 Å². The van der Waals surface area contributed by atoms with Crippen LogP contribution in [0.2, 0.25) is 0 Å². The van der Waals surface area contributed by atoms with Crippen LogP contribution in [0.15, 0.2) is 18.2 Å². The minimum absolute atomic E-state index is 0.0695. The van der Waals surface area contributed by atoms with Gasteiger partial charge in [-0.3, -0.25) is 0 Å². The maximum Gasteiger partial charge on any atom is 0.314 e. The molecule has 10 heteroatoms. The van der Waals surface area contributed by atoms with Crippen molar-refractivity contribution in [2.75, 3.05) is 32.5 Å². The van der Waals surface area contributed by atoms with Crippen LogP contribution in [0, 0.1) is 11.6 Å². The summed E-state index contributed by atoms with van der Waals surface area (Å²) in [5.41, 5.74) is 0. The number of hydrogen-bond donors (Lipinski definition) is 3. The van der Waals surface area contributed by atoms with E-state index >= 15 is 0 Å². The summed E-state index contributed by atoms with van der Waals surface area (Å²) in [5, 5.41) is 4.88. The molecule has 0 aliphatic heterocycles. The first kappa shape index (κ1) is 18.1. The third-order valence-corrected chi connectivity index (χ3v) is 3.05. The summed E-state index contributed by atoms with van der Waals surface area (Å²) in [6.45, 7) is 0.422. The van der Waals surface area contributed by atoms with Gasteiger partial charge in [0, 0.05) is 19.2 Å². The van der Waals surface area contributed by atoms with E-state index < -0.39 is 27.7 Å². The summed E-state index contributed by atoms with van der Waals surface area (Å²) in [5.74, 6) is -1.83. The number of carbonyl (C=O) groups is 1. The molecule has 0 radical (unpaired) electrons. The fraction of sp³-hybridized carbons (Fsp3) is 0.417. The molecular weight excluding hydrogens is 320 g/mol. The van der Waals surface area contributed by atoms with E-state index in [-0.39, 0.29) is 32.0 Å². The Morgan fingerprint density at radius 3 is 2.45 bits per heavy atom. The molecular formula is C12H17F2N3O4S. The van der Waals surface area contributed by atoms with Crippen LogP contribution < -0.4 is 20.1 Å². The van der Waals surface area contributed by atoms with Crippen LogP contribution in [0.25, 0.3) is 0 Å². The van der Waals surface area contributed by atoms with Crippen LogP contribution in [0.4, 0.5) is 13.6 Å². The second-order valence-corrected chi connectivity index (χ2v) is 6.11. The second-order valence-electron chi connectivity index (χ2n) is 4.27. The Kier molecular flexibility index (Phi) is 6.99. The number of halogens is 2. The van der Waals surface area contributed by atoms with Gasteiger partial charge >= 0.3 is 6.03 Å². The third kappa shape index (κ3) is 7.74. The average Bonchev–Trinajstić information content (AvgIpc) is 2.42. The highest BCUT2D eigenvalue weighted by Gasteiger charge is 2.04. The molecule has 3 N–H and O–H groups in total. The maximum atomic E-state index is 12.9. The van der Waals surface area contributed by atoms with Crippen molar-refractivity contribution in [1.29, 1.82) is 0 Å². The van der Waals surface area contributed by atoms with Crippen molar-refractivity contribution in [3.05, 3.63) is 29.8 Å². The molecule has 1 aromatic carbocycles. The zero-order valence-corrected chi connectivity index (χ0v) is 12.7. The minimum atomic E-state index is -3.28. The summed E-state index contributed by atoms with van der Waals surface area (Å²) >= 11 is 0. The quantitative estimate of drug-likeness (QED) is 0.590. The molecule has 0 saturated carbocycles. The summed E-state index contributed by atoms with van der Waals surface area (Å²) in [4.78, 5) is 11.3. The summed E-state index contributed by atoms with van der Waals surface area (Å²) in [6.07, 6.45) is 1.02. The molecule has 0 aliphatic carbocycles. The van der Waals surface area contributed by atoms with Gasteiger partial charge in [0.15, 0.2) is 11.6 Å². The lowest BCUT2D eigenvalue weighted by Crippen LogP contribution is -2.41. The fourth-order valence-electron chi connectivity index (χ4n) is 1.38. The lowest BCUT2D eigenvalue weighted by Gasteiger charge is -2.09. The van der Waals surface area contributed by atoms with Crippen molar-refractivity contribution in [2.24, 2.45) is 0 Å². The molecule has 0 unspecified atom stereocenters. The van der Waals surface area contributed by atoms with E-state index in [9.17, 15) is 22.0 Å². The first-order chi connectivity index (χ1) is 10.3. The van der Waals surface area contributed by atoms with E-state index in [1.54, 1.807) is 0 Å². The maximum absolute atomic E-state index is 12.9. The smallest absolute Gasteiger partial charge is 0.314 e. The van der Waals surface area contributed by atoms with Gasteiger partial charge in [-0.1, -0.05) is 0 Å². The predicted molar refractivity (Wildman–Crippen MR) is 76.1 cm³/mol. The van der Waals surface area contributed by atoms with Gasteiger partial charge in [0.1, 0.15) is 12.4 Å². The molecule has 124 valence electrons. The highest BCUT2D eigenvalue weighted by Crippen LogP contribution is 2.14. The van der Waals surface area contributed by atoms with E-state index in [4.69, 9.17) is 4.74 Å². The standard InChI is InChI=1S/C12H17F2N3O4S/c1-22(19,20)17-5-4-15-12(18)16-6-7-21-9-2-3-10(13)11(14)8-9/h2-3,8,17H,4-7H2,1H3,(H2,15,16,18). The fourth-order valence-corrected chi connectivity index (χ4v) is 1.85. The Bertz CT molecular complexity index is 610. The zero-order chi connectivity index (χ0) is 16.6. The molecule has 0 heterocycles. The van der Waals surface area contributed by atoms with E-state index in [1.807, 2.05) is 0 Å². The number of urea groups is 1. The molecule has 7 nitrogen and oxygen atoms in total. The van der Waals surface area contributed by atoms with E-state index in [0.717, 1.165) is 18.4 Å². The molecule has 0 aromatic heterocycles. The normalized spacial score (nSPS) is 11.0. The molecule has 0 fully saturated rings. The predicted octanol–water partition coefficient (Wildman–Crippen LogP) is 0.192. The van der Waals surface area contributed by atoms with Gasteiger partial charge in [0.2, 0.25) is 10.0 Å². The second kappa shape index (κ2) is 8.49. The number of rotatable bonds is 8. The lowest BCUT2D eigenvalue weighted by molar-refractivity contribution is 0.236. The number of benzene rings is 1. The summed E-state index contributed by atoms with van der Waals surface area (Å²) in [6, 6.07) is 2.63. The number of hydrogen-bond acceptors (Lipinski definition) is 4. The largest absolute Gasteiger partial charge is 0.492 e. The number of nitrogens with one attached hydrogen (secondary N) is 3. The monoisotopic (exact) mass is 337 g/mol. The van der Waals surface area contributed by atoms with Crippen LogP contribution in [-0.4, -0.2) is 46.9 Å².